The molecule has 0 aliphatic carbocycles. The Labute approximate surface area is 225 Å². The topological polar surface area (TPSA) is 89.4 Å². The van der Waals surface area contributed by atoms with E-state index in [4.69, 9.17) is 16.3 Å². The quantitative estimate of drug-likeness (QED) is 0.356. The number of rotatable bonds is 8. The molecule has 2 heterocycles. The Balaban J connectivity index is 1.91. The predicted molar refractivity (Wildman–Crippen MR) is 147 cm³/mol. The molecule has 2 aromatic heterocycles. The summed E-state index contributed by atoms with van der Waals surface area (Å²) in [7, 11) is 5.35. The molecular weight excluding hydrogens is 509 g/mol. The van der Waals surface area contributed by atoms with E-state index in [9.17, 15) is 14.0 Å². The Kier molecular flexibility index (Phi) is 8.08. The molecular formula is C28H29ClFN5O3. The van der Waals surface area contributed by atoms with E-state index in [1.165, 1.54) is 23.8 Å². The van der Waals surface area contributed by atoms with Gasteiger partial charge in [-0.25, -0.2) is 14.4 Å². The van der Waals surface area contributed by atoms with Gasteiger partial charge in [0.2, 0.25) is 5.91 Å². The van der Waals surface area contributed by atoms with Crippen LogP contribution in [0.4, 0.5) is 4.39 Å². The van der Waals surface area contributed by atoms with Crippen LogP contribution >= 0.6 is 11.6 Å². The molecule has 0 aliphatic heterocycles. The molecule has 0 saturated heterocycles. The summed E-state index contributed by atoms with van der Waals surface area (Å²) in [4.78, 5) is 37.6. The predicted octanol–water partition coefficient (Wildman–Crippen LogP) is 4.51. The van der Waals surface area contributed by atoms with E-state index in [2.05, 4.69) is 15.3 Å². The number of amides is 1. The summed E-state index contributed by atoms with van der Waals surface area (Å²) in [5, 5.41) is 3.57. The van der Waals surface area contributed by atoms with Gasteiger partial charge < -0.3 is 15.0 Å². The van der Waals surface area contributed by atoms with Crippen LogP contribution in [-0.2, 0) is 17.9 Å². The van der Waals surface area contributed by atoms with Crippen LogP contribution in [0.5, 0.6) is 5.75 Å². The molecule has 1 N–H and O–H groups in total. The number of benzene rings is 2. The molecule has 1 amide bonds. The lowest BCUT2D eigenvalue weighted by Gasteiger charge is -2.16. The smallest absolute Gasteiger partial charge is 0.263 e. The monoisotopic (exact) mass is 537 g/mol. The van der Waals surface area contributed by atoms with E-state index in [-0.39, 0.29) is 46.7 Å². The lowest BCUT2D eigenvalue weighted by molar-refractivity contribution is -0.122. The molecule has 0 spiro atoms. The zero-order chi connectivity index (χ0) is 27.6. The molecule has 4 aromatic rings. The Bertz CT molecular complexity index is 1570. The molecule has 4 rings (SSSR count). The Morgan fingerprint density at radius 1 is 1.11 bits per heavy atom. The highest BCUT2D eigenvalue weighted by Crippen LogP contribution is 2.28. The number of ether oxygens (including phenoxy) is 1. The number of carbonyl (C=O) groups is 1. The van der Waals surface area contributed by atoms with Crippen molar-refractivity contribution in [2.45, 2.75) is 33.0 Å². The van der Waals surface area contributed by atoms with Gasteiger partial charge in [-0.1, -0.05) is 11.6 Å². The fourth-order valence-electron chi connectivity index (χ4n) is 4.23. The molecule has 0 radical (unpaired) electrons. The van der Waals surface area contributed by atoms with Crippen molar-refractivity contribution in [2.24, 2.45) is 0 Å². The third kappa shape index (κ3) is 6.17. The van der Waals surface area contributed by atoms with Crippen molar-refractivity contribution in [1.29, 1.82) is 0 Å². The van der Waals surface area contributed by atoms with E-state index in [1.807, 2.05) is 45.0 Å². The minimum Gasteiger partial charge on any atom is -0.497 e. The van der Waals surface area contributed by atoms with Gasteiger partial charge in [0.1, 0.15) is 23.9 Å². The second-order valence-electron chi connectivity index (χ2n) is 9.61. The highest BCUT2D eigenvalue weighted by molar-refractivity contribution is 6.31. The van der Waals surface area contributed by atoms with Gasteiger partial charge in [0.05, 0.1) is 12.5 Å². The first-order valence-corrected chi connectivity index (χ1v) is 12.4. The summed E-state index contributed by atoms with van der Waals surface area (Å²) in [6.07, 6.45) is 1.62. The normalized spacial score (nSPS) is 11.4. The molecule has 198 valence electrons. The van der Waals surface area contributed by atoms with Gasteiger partial charge in [0.15, 0.2) is 5.65 Å². The van der Waals surface area contributed by atoms with Crippen molar-refractivity contribution in [2.75, 3.05) is 21.2 Å². The van der Waals surface area contributed by atoms with Gasteiger partial charge in [-0.2, -0.15) is 0 Å². The van der Waals surface area contributed by atoms with Gasteiger partial charge in [-0.3, -0.25) is 14.2 Å². The highest BCUT2D eigenvalue weighted by Gasteiger charge is 2.19. The minimum absolute atomic E-state index is 0.107. The molecule has 10 heteroatoms. The summed E-state index contributed by atoms with van der Waals surface area (Å²) in [5.41, 5.74) is 2.47. The van der Waals surface area contributed by atoms with E-state index in [0.29, 0.717) is 17.1 Å². The molecule has 8 nitrogen and oxygen atoms in total. The molecule has 0 aliphatic rings. The summed E-state index contributed by atoms with van der Waals surface area (Å²) in [6.45, 7) is 4.03. The van der Waals surface area contributed by atoms with Crippen molar-refractivity contribution in [3.63, 3.8) is 0 Å². The molecule has 0 atom stereocenters. The SMILES string of the molecule is COc1cc(F)cc(-c2nc3ncc(-c4cc(Cl)cc(CN(C)C)c4)cc3c(=O)n2CC(=O)NC(C)C)c1. The summed E-state index contributed by atoms with van der Waals surface area (Å²) in [5.74, 6) is -0.578. The molecule has 0 unspecified atom stereocenters. The number of nitrogens with zero attached hydrogens (tertiary/aromatic N) is 4. The van der Waals surface area contributed by atoms with Crippen LogP contribution in [0.2, 0.25) is 5.02 Å². The fourth-order valence-corrected chi connectivity index (χ4v) is 4.48. The maximum atomic E-state index is 14.4. The second kappa shape index (κ2) is 11.3. The van der Waals surface area contributed by atoms with Crippen LogP contribution in [0.3, 0.4) is 0 Å². The van der Waals surface area contributed by atoms with E-state index < -0.39 is 11.4 Å². The van der Waals surface area contributed by atoms with Crippen molar-refractivity contribution >= 4 is 28.5 Å². The van der Waals surface area contributed by atoms with Crippen LogP contribution in [0, 0.1) is 5.82 Å². The van der Waals surface area contributed by atoms with Gasteiger partial charge in [-0.15, -0.1) is 0 Å². The standard InChI is InChI=1S/C28H29ClFN5O3/c1-16(2)32-25(36)15-35-27(19-9-22(30)12-23(10-19)38-5)33-26-24(28(35)37)11-20(13-31-26)18-6-17(14-34(3)4)7-21(29)8-18/h6-13,16H,14-15H2,1-5H3,(H,32,36). The zero-order valence-corrected chi connectivity index (χ0v) is 22.6. The van der Waals surface area contributed by atoms with Crippen LogP contribution in [0.1, 0.15) is 19.4 Å². The van der Waals surface area contributed by atoms with E-state index in [0.717, 1.165) is 11.1 Å². The summed E-state index contributed by atoms with van der Waals surface area (Å²) in [6, 6.07) is 11.3. The minimum atomic E-state index is -0.565. The summed E-state index contributed by atoms with van der Waals surface area (Å²) >= 11 is 6.38. The largest absolute Gasteiger partial charge is 0.497 e. The summed E-state index contributed by atoms with van der Waals surface area (Å²) < 4.78 is 20.8. The number of halogens is 2. The zero-order valence-electron chi connectivity index (χ0n) is 21.9. The van der Waals surface area contributed by atoms with Crippen LogP contribution < -0.4 is 15.6 Å². The maximum Gasteiger partial charge on any atom is 0.263 e. The highest BCUT2D eigenvalue weighted by atomic mass is 35.5. The van der Waals surface area contributed by atoms with Crippen LogP contribution in [-0.4, -0.2) is 52.6 Å². The van der Waals surface area contributed by atoms with Crippen molar-refractivity contribution < 1.29 is 13.9 Å². The molecule has 2 aromatic carbocycles. The average Bonchev–Trinajstić information content (AvgIpc) is 2.83. The first-order chi connectivity index (χ1) is 18.0. The van der Waals surface area contributed by atoms with Gasteiger partial charge in [0.25, 0.3) is 5.56 Å². The number of pyridine rings is 1. The van der Waals surface area contributed by atoms with Gasteiger partial charge in [0, 0.05) is 41.0 Å². The van der Waals surface area contributed by atoms with E-state index >= 15 is 0 Å². The number of carbonyl (C=O) groups excluding carboxylic acids is 1. The average molecular weight is 538 g/mol. The number of aromatic nitrogens is 3. The third-order valence-electron chi connectivity index (χ3n) is 5.72. The second-order valence-corrected chi connectivity index (χ2v) is 10.0. The molecule has 38 heavy (non-hydrogen) atoms. The lowest BCUT2D eigenvalue weighted by Crippen LogP contribution is -2.37. The van der Waals surface area contributed by atoms with Gasteiger partial charge >= 0.3 is 0 Å². The maximum absolute atomic E-state index is 14.4. The number of hydrogen-bond donors (Lipinski definition) is 1. The Hall–Kier alpha value is -3.82. The van der Waals surface area contributed by atoms with Crippen LogP contribution in [0.15, 0.2) is 53.5 Å². The molecule has 0 saturated carbocycles. The number of hydrogen-bond acceptors (Lipinski definition) is 6. The van der Waals surface area contributed by atoms with Crippen molar-refractivity contribution in [3.8, 4) is 28.3 Å². The number of fused-ring (bicyclic) bond motifs is 1. The first kappa shape index (κ1) is 27.2. The van der Waals surface area contributed by atoms with E-state index in [1.54, 1.807) is 24.4 Å². The van der Waals surface area contributed by atoms with Crippen LogP contribution in [0.25, 0.3) is 33.5 Å². The van der Waals surface area contributed by atoms with Crippen molar-refractivity contribution in [3.05, 3.63) is 75.4 Å². The Morgan fingerprint density at radius 2 is 1.87 bits per heavy atom. The third-order valence-corrected chi connectivity index (χ3v) is 5.93. The molecule has 0 fully saturated rings. The fraction of sp³-hybridized carbons (Fsp3) is 0.286. The van der Waals surface area contributed by atoms with Gasteiger partial charge in [-0.05, 0) is 75.5 Å². The lowest BCUT2D eigenvalue weighted by atomic mass is 10.0. The van der Waals surface area contributed by atoms with Crippen molar-refractivity contribution in [1.82, 2.24) is 24.8 Å². The molecule has 0 bridgehead atoms. The number of nitrogens with one attached hydrogen (secondary N) is 1. The first-order valence-electron chi connectivity index (χ1n) is 12.0. The Morgan fingerprint density at radius 3 is 2.55 bits per heavy atom. The number of methoxy groups -OCH3 is 1.